The van der Waals surface area contributed by atoms with Gasteiger partial charge in [0.2, 0.25) is 53.2 Å². The number of amides is 9. The van der Waals surface area contributed by atoms with Crippen LogP contribution in [0.5, 0.6) is 5.75 Å². The molecule has 0 bridgehead atoms. The second-order valence-corrected chi connectivity index (χ2v) is 21.6. The Morgan fingerprint density at radius 3 is 1.27 bits per heavy atom. The van der Waals surface area contributed by atoms with E-state index in [2.05, 4.69) is 52.8 Å². The lowest BCUT2D eigenvalue weighted by Gasteiger charge is -2.29. The zero-order valence-corrected chi connectivity index (χ0v) is 50.5. The number of aromatic hydroxyl groups is 1. The lowest BCUT2D eigenvalue weighted by molar-refractivity contribution is -0.142. The van der Waals surface area contributed by atoms with Gasteiger partial charge in [-0.1, -0.05) is 76.6 Å². The quantitative estimate of drug-likeness (QED) is 0.0170. The number of nitrogens with two attached hydrogens (primary N) is 3. The number of benzene rings is 2. The number of carbonyl (C=O) groups is 14. The van der Waals surface area contributed by atoms with E-state index in [-0.39, 0.29) is 49.5 Å². The predicted octanol–water partition coefficient (Wildman–Crippen LogP) is -4.23. The molecule has 0 aliphatic heterocycles. The summed E-state index contributed by atoms with van der Waals surface area (Å²) < 4.78 is 0. The molecule has 0 heterocycles. The first kappa shape index (κ1) is 77.1. The van der Waals surface area contributed by atoms with Gasteiger partial charge in [0, 0.05) is 38.6 Å². The smallest absolute Gasteiger partial charge is 0.326 e. The summed E-state index contributed by atoms with van der Waals surface area (Å²) in [4.78, 5) is 189. The Bertz CT molecular complexity index is 2890. The summed E-state index contributed by atoms with van der Waals surface area (Å²) in [5, 5.41) is 89.0. The molecule has 0 aliphatic carbocycles. The molecule has 0 fully saturated rings. The minimum absolute atomic E-state index is 0.0185. The zero-order chi connectivity index (χ0) is 68.7. The number of rotatable bonds is 42. The zero-order valence-electron chi connectivity index (χ0n) is 50.5. The number of nitrogens with zero attached hydrogens (tertiary/aromatic N) is 1. The van der Waals surface area contributed by atoms with Crippen LogP contribution in [0.3, 0.4) is 0 Å². The van der Waals surface area contributed by atoms with Gasteiger partial charge in [-0.25, -0.2) is 4.79 Å². The Hall–Kier alpha value is -9.99. The van der Waals surface area contributed by atoms with E-state index in [4.69, 9.17) is 17.2 Å². The Balaban J connectivity index is 2.57. The number of carbonyl (C=O) groups excluding carboxylic acids is 9. The molecule has 34 nitrogen and oxygen atoms in total. The monoisotopic (exact) mass is 1290 g/mol. The lowest BCUT2D eigenvalue weighted by Crippen LogP contribution is -2.62. The van der Waals surface area contributed by atoms with Gasteiger partial charge in [-0.05, 0) is 67.2 Å². The molecule has 502 valence electrons. The van der Waals surface area contributed by atoms with Crippen LogP contribution in [0.4, 0.5) is 0 Å². The lowest BCUT2D eigenvalue weighted by atomic mass is 9.96. The van der Waals surface area contributed by atoms with Crippen molar-refractivity contribution in [1.29, 1.82) is 0 Å². The number of aliphatic hydroxyl groups excluding tert-OH is 1. The number of guanidine groups is 1. The fourth-order valence-corrected chi connectivity index (χ4v) is 8.61. The summed E-state index contributed by atoms with van der Waals surface area (Å²) in [6.45, 7) is 5.10. The summed E-state index contributed by atoms with van der Waals surface area (Å²) in [6, 6.07) is -3.84. The molecular weight excluding hydrogens is 1200 g/mol. The Morgan fingerprint density at radius 2 is 0.846 bits per heavy atom. The predicted molar refractivity (Wildman–Crippen MR) is 319 cm³/mol. The molecule has 0 unspecified atom stereocenters. The van der Waals surface area contributed by atoms with Crippen LogP contribution in [-0.4, -0.2) is 198 Å². The fraction of sp³-hybridized carbons (Fsp3) is 0.526. The third kappa shape index (κ3) is 28.8. The van der Waals surface area contributed by atoms with Crippen LogP contribution in [0.1, 0.15) is 103 Å². The van der Waals surface area contributed by atoms with E-state index < -0.39 is 213 Å². The maximum atomic E-state index is 14.5. The van der Waals surface area contributed by atoms with Crippen LogP contribution in [0.2, 0.25) is 0 Å². The Kier molecular flexibility index (Phi) is 33.1. The van der Waals surface area contributed by atoms with Crippen LogP contribution in [0.25, 0.3) is 0 Å². The number of carboxylic acid groups (broad SMARTS) is 5. The molecule has 0 saturated carbocycles. The van der Waals surface area contributed by atoms with Crippen LogP contribution in [0.15, 0.2) is 59.6 Å². The van der Waals surface area contributed by atoms with E-state index in [1.165, 1.54) is 45.0 Å². The van der Waals surface area contributed by atoms with E-state index in [9.17, 15) is 103 Å². The molecule has 2 aromatic carbocycles. The van der Waals surface area contributed by atoms with Crippen molar-refractivity contribution in [3.05, 3.63) is 65.7 Å². The van der Waals surface area contributed by atoms with E-state index in [1.807, 2.05) is 0 Å². The van der Waals surface area contributed by atoms with Crippen LogP contribution >= 0.6 is 0 Å². The first-order chi connectivity index (χ1) is 42.8. The number of hydrogen-bond acceptors (Lipinski definition) is 18. The summed E-state index contributed by atoms with van der Waals surface area (Å²) in [7, 11) is 0. The maximum Gasteiger partial charge on any atom is 0.326 e. The van der Waals surface area contributed by atoms with E-state index in [0.717, 1.165) is 0 Å². The molecular formula is C57H83N13O21. The van der Waals surface area contributed by atoms with Crippen molar-refractivity contribution in [2.24, 2.45) is 34.0 Å². The van der Waals surface area contributed by atoms with Crippen molar-refractivity contribution >= 4 is 89.0 Å². The van der Waals surface area contributed by atoms with Gasteiger partial charge in [-0.2, -0.15) is 0 Å². The molecule has 0 aliphatic rings. The largest absolute Gasteiger partial charge is 0.508 e. The Labute approximate surface area is 522 Å². The molecule has 11 atom stereocenters. The van der Waals surface area contributed by atoms with Gasteiger partial charge in [0.15, 0.2) is 5.96 Å². The molecule has 0 spiro atoms. The van der Waals surface area contributed by atoms with Gasteiger partial charge in [-0.15, -0.1) is 0 Å². The minimum atomic E-state index is -2.05. The first-order valence-electron chi connectivity index (χ1n) is 28.8. The van der Waals surface area contributed by atoms with Gasteiger partial charge in [0.25, 0.3) is 0 Å². The normalized spacial score (nSPS) is 14.6. The minimum Gasteiger partial charge on any atom is -0.508 e. The molecule has 34 heteroatoms. The van der Waals surface area contributed by atoms with Gasteiger partial charge in [0.05, 0.1) is 13.0 Å². The maximum absolute atomic E-state index is 14.5. The molecule has 2 aromatic rings. The van der Waals surface area contributed by atoms with Gasteiger partial charge in [-0.3, -0.25) is 67.3 Å². The molecule has 2 rings (SSSR count). The Morgan fingerprint density at radius 1 is 0.462 bits per heavy atom. The molecule has 91 heavy (non-hydrogen) atoms. The first-order valence-corrected chi connectivity index (χ1v) is 28.8. The highest BCUT2D eigenvalue weighted by atomic mass is 16.4. The van der Waals surface area contributed by atoms with Crippen molar-refractivity contribution < 1.29 is 103 Å². The second kappa shape index (κ2) is 39.1. The fourth-order valence-electron chi connectivity index (χ4n) is 8.61. The van der Waals surface area contributed by atoms with Crippen molar-refractivity contribution in [1.82, 2.24) is 47.9 Å². The molecule has 0 aromatic heterocycles. The highest BCUT2D eigenvalue weighted by molar-refractivity contribution is 5.99. The summed E-state index contributed by atoms with van der Waals surface area (Å²) in [5.41, 5.74) is 17.0. The standard InChI is InChI=1S/C57H83N13O21/c1-5-29(4)46(70-50(84)35(18-21-42(75)76)62-47(81)33(58)27-71)55(89)68-40(26-44(79)80)53(87)67-39(25-31-13-15-32(72)16-14-31)51(85)63-36(19-22-43(77)78)49(83)69-45(28(2)3)54(88)64-34(17-20-41(73)74)48(82)66-38(24-30-10-7-6-8-11-30)52(86)65-37(56(90)91)12-9-23-61-57(59)60/h6-8,10-11,13-16,28-29,33-40,45-46,71-72H,5,9,12,17-27,58H2,1-4H3,(H,62,81)(H,63,85)(H,64,88)(H,65,86)(H,66,82)(H,67,87)(H,68,89)(H,69,83)(H,70,84)(H,73,74)(H,75,76)(H,77,78)(H,79,80)(H,90,91)(H4,59,60,61)/t29-,33-,34-,35-,36-,37-,38-,39-,40-,45-,46-/m0/s1. The molecule has 0 radical (unpaired) electrons. The van der Waals surface area contributed by atoms with Crippen molar-refractivity contribution in [2.75, 3.05) is 13.2 Å². The highest BCUT2D eigenvalue weighted by Crippen LogP contribution is 2.16. The van der Waals surface area contributed by atoms with Crippen LogP contribution < -0.4 is 65.1 Å². The van der Waals surface area contributed by atoms with E-state index >= 15 is 0 Å². The number of aliphatic carboxylic acids is 5. The van der Waals surface area contributed by atoms with Gasteiger partial charge in [0.1, 0.15) is 66.2 Å². The number of hydrogen-bond donors (Lipinski definition) is 19. The SMILES string of the molecule is CC[C@H](C)[C@H](NC(=O)[C@H](CCC(=O)O)NC(=O)[C@@H](N)CO)C(=O)N[C@@H](CC(=O)O)C(=O)N[C@@H](Cc1ccc(O)cc1)C(=O)N[C@@H](CCC(=O)O)C(=O)N[C@H](C(=O)N[C@@H](CCC(=O)O)C(=O)N[C@@H](Cc1ccccc1)C(=O)N[C@@H](CCCN=C(N)N)C(=O)O)C(C)C. The van der Waals surface area contributed by atoms with E-state index in [1.54, 1.807) is 37.3 Å². The highest BCUT2D eigenvalue weighted by Gasteiger charge is 2.38. The number of phenolic OH excluding ortho intramolecular Hbond substituents is 1. The molecule has 9 amide bonds. The van der Waals surface area contributed by atoms with Gasteiger partial charge >= 0.3 is 29.8 Å². The van der Waals surface area contributed by atoms with Crippen molar-refractivity contribution in [3.8, 4) is 5.75 Å². The second-order valence-electron chi connectivity index (χ2n) is 21.6. The summed E-state index contributed by atoms with van der Waals surface area (Å²) in [6.07, 6.45) is -5.82. The van der Waals surface area contributed by atoms with E-state index in [0.29, 0.717) is 5.56 Å². The van der Waals surface area contributed by atoms with Crippen molar-refractivity contribution in [2.45, 2.75) is 165 Å². The summed E-state index contributed by atoms with van der Waals surface area (Å²) in [5.74, 6) is -19.9. The average Bonchev–Trinajstić information content (AvgIpc) is 1.66. The van der Waals surface area contributed by atoms with Crippen molar-refractivity contribution in [3.63, 3.8) is 0 Å². The third-order valence-electron chi connectivity index (χ3n) is 13.9. The number of nitrogens with one attached hydrogen (secondary N) is 9. The summed E-state index contributed by atoms with van der Waals surface area (Å²) >= 11 is 0. The molecule has 0 saturated heterocycles. The molecule has 22 N–H and O–H groups in total. The topological polar surface area (TPSA) is 579 Å². The number of carboxylic acids is 5. The van der Waals surface area contributed by atoms with Gasteiger partial charge < -0.3 is 101 Å². The van der Waals surface area contributed by atoms with Crippen LogP contribution in [0, 0.1) is 11.8 Å². The number of phenols is 1. The van der Waals surface area contributed by atoms with Crippen LogP contribution in [-0.2, 0) is 80.0 Å². The number of aliphatic hydroxyl groups is 1. The average molecular weight is 1290 g/mol. The number of aliphatic imine (C=N–C) groups is 1. The third-order valence-corrected chi connectivity index (χ3v) is 13.9.